The number of likely N-dealkylation sites (tertiary alicyclic amines) is 1. The summed E-state index contributed by atoms with van der Waals surface area (Å²) in [7, 11) is 6.41. The Morgan fingerprint density at radius 1 is 1.11 bits per heavy atom. The van der Waals surface area contributed by atoms with Crippen molar-refractivity contribution in [3.63, 3.8) is 0 Å². The summed E-state index contributed by atoms with van der Waals surface area (Å²) < 4.78 is 0. The van der Waals surface area contributed by atoms with Crippen molar-refractivity contribution < 1.29 is 9.59 Å². The number of likely N-dealkylation sites (N-methyl/N-ethyl adjacent to an activating group) is 2. The number of rotatable bonds is 9. The molecule has 35 heavy (non-hydrogen) atoms. The van der Waals surface area contributed by atoms with Crippen molar-refractivity contribution in [2.24, 2.45) is 5.92 Å². The van der Waals surface area contributed by atoms with E-state index in [0.29, 0.717) is 35.2 Å². The number of piperidine rings is 1. The Morgan fingerprint density at radius 2 is 1.94 bits per heavy atom. The van der Waals surface area contributed by atoms with Crippen LogP contribution in [0.25, 0.3) is 0 Å². The molecule has 2 aliphatic heterocycles. The van der Waals surface area contributed by atoms with E-state index in [-0.39, 0.29) is 11.8 Å². The zero-order valence-corrected chi connectivity index (χ0v) is 21.2. The molecule has 2 amide bonds. The van der Waals surface area contributed by atoms with E-state index in [1.165, 1.54) is 19.3 Å². The lowest BCUT2D eigenvalue weighted by molar-refractivity contribution is -0.119. The topological polar surface area (TPSA) is 72.0 Å². The van der Waals surface area contributed by atoms with Crippen molar-refractivity contribution in [3.8, 4) is 0 Å². The van der Waals surface area contributed by atoms with E-state index < -0.39 is 0 Å². The molecule has 1 saturated heterocycles. The number of carbonyl (C=O) groups is 2. The average molecular weight is 479 g/mol. The Balaban J connectivity index is 1.40. The van der Waals surface area contributed by atoms with Crippen molar-refractivity contribution in [2.75, 3.05) is 70.6 Å². The summed E-state index contributed by atoms with van der Waals surface area (Å²) in [4.78, 5) is 39.5. The molecule has 188 valence electrons. The normalized spacial score (nSPS) is 18.3. The molecule has 3 heterocycles. The molecule has 1 unspecified atom stereocenters. The van der Waals surface area contributed by atoms with Crippen LogP contribution in [0.15, 0.2) is 42.6 Å². The number of nitrogens with one attached hydrogen (secondary N) is 1. The van der Waals surface area contributed by atoms with E-state index in [1.807, 2.05) is 18.2 Å². The highest BCUT2D eigenvalue weighted by Gasteiger charge is 2.32. The summed E-state index contributed by atoms with van der Waals surface area (Å²) in [6.45, 7) is 5.45. The highest BCUT2D eigenvalue weighted by Crippen LogP contribution is 2.36. The fourth-order valence-corrected chi connectivity index (χ4v) is 5.01. The first-order valence-corrected chi connectivity index (χ1v) is 12.7. The van der Waals surface area contributed by atoms with Gasteiger partial charge in [0.2, 0.25) is 5.91 Å². The third-order valence-electron chi connectivity index (χ3n) is 6.93. The molecule has 1 fully saturated rings. The maximum absolute atomic E-state index is 13.7. The number of carbonyl (C=O) groups excluding carboxylic acids is 2. The van der Waals surface area contributed by atoms with Gasteiger partial charge in [0.25, 0.3) is 5.91 Å². The summed E-state index contributed by atoms with van der Waals surface area (Å²) in [5.74, 6) is 0.811. The predicted octanol–water partition coefficient (Wildman–Crippen LogP) is 3.30. The number of para-hydroxylation sites is 1. The molecule has 8 nitrogen and oxygen atoms in total. The summed E-state index contributed by atoms with van der Waals surface area (Å²) in [6.07, 6.45) is 6.36. The van der Waals surface area contributed by atoms with Crippen LogP contribution in [0, 0.1) is 5.92 Å². The molecule has 1 aromatic carbocycles. The lowest BCUT2D eigenvalue weighted by atomic mass is 9.93. The lowest BCUT2D eigenvalue weighted by Crippen LogP contribution is -2.43. The number of fused-ring (bicyclic) bond motifs is 2. The van der Waals surface area contributed by atoms with Gasteiger partial charge in [-0.15, -0.1) is 0 Å². The van der Waals surface area contributed by atoms with Crippen molar-refractivity contribution in [3.05, 3.63) is 48.2 Å². The van der Waals surface area contributed by atoms with Crippen LogP contribution in [0.5, 0.6) is 0 Å². The second kappa shape index (κ2) is 11.7. The monoisotopic (exact) mass is 478 g/mol. The van der Waals surface area contributed by atoms with Crippen LogP contribution in [-0.4, -0.2) is 91.9 Å². The molecule has 0 bridgehead atoms. The zero-order chi connectivity index (χ0) is 24.8. The molecule has 1 atom stereocenters. The Labute approximate surface area is 208 Å². The van der Waals surface area contributed by atoms with Gasteiger partial charge in [0.1, 0.15) is 0 Å². The smallest absolute Gasteiger partial charge is 0.257 e. The van der Waals surface area contributed by atoms with Gasteiger partial charge in [-0.3, -0.25) is 19.4 Å². The number of amides is 2. The Hall–Kier alpha value is -2.81. The summed E-state index contributed by atoms with van der Waals surface area (Å²) in [5, 5.41) is 2.91. The van der Waals surface area contributed by atoms with E-state index >= 15 is 0 Å². The maximum atomic E-state index is 13.7. The molecule has 0 spiro atoms. The fraction of sp³-hybridized carbons (Fsp3) is 0.519. The molecule has 0 radical (unpaired) electrons. The van der Waals surface area contributed by atoms with E-state index in [9.17, 15) is 9.59 Å². The van der Waals surface area contributed by atoms with Gasteiger partial charge in [0.05, 0.1) is 23.5 Å². The zero-order valence-electron chi connectivity index (χ0n) is 21.2. The molecule has 2 aliphatic rings. The lowest BCUT2D eigenvalue weighted by Gasteiger charge is -2.34. The number of anilines is 3. The van der Waals surface area contributed by atoms with Gasteiger partial charge < -0.3 is 15.1 Å². The summed E-state index contributed by atoms with van der Waals surface area (Å²) in [6, 6.07) is 10.8. The number of pyridine rings is 1. The molecular formula is C27H38N6O2. The molecule has 2 aromatic rings. The largest absolute Gasteiger partial charge is 0.319 e. The number of hydrogen-bond donors (Lipinski definition) is 1. The second-order valence-corrected chi connectivity index (χ2v) is 10.1. The van der Waals surface area contributed by atoms with Gasteiger partial charge >= 0.3 is 0 Å². The van der Waals surface area contributed by atoms with Crippen LogP contribution in [-0.2, 0) is 4.79 Å². The van der Waals surface area contributed by atoms with Crippen LogP contribution in [0.2, 0.25) is 0 Å². The average Bonchev–Trinajstić information content (AvgIpc) is 2.97. The van der Waals surface area contributed by atoms with Crippen molar-refractivity contribution >= 4 is 29.0 Å². The summed E-state index contributed by atoms with van der Waals surface area (Å²) >= 11 is 0. The van der Waals surface area contributed by atoms with E-state index in [0.717, 1.165) is 39.1 Å². The second-order valence-electron chi connectivity index (χ2n) is 10.1. The molecule has 0 aliphatic carbocycles. The minimum absolute atomic E-state index is 0.0574. The molecule has 1 N–H and O–H groups in total. The molecule has 0 saturated carbocycles. The maximum Gasteiger partial charge on any atom is 0.257 e. The highest BCUT2D eigenvalue weighted by molar-refractivity contribution is 6.17. The number of hydrogen-bond acceptors (Lipinski definition) is 6. The first kappa shape index (κ1) is 25.3. The van der Waals surface area contributed by atoms with Gasteiger partial charge in [0.15, 0.2) is 5.82 Å². The van der Waals surface area contributed by atoms with Crippen LogP contribution in [0.4, 0.5) is 17.2 Å². The van der Waals surface area contributed by atoms with E-state index in [1.54, 1.807) is 29.3 Å². The van der Waals surface area contributed by atoms with Crippen LogP contribution in [0.3, 0.4) is 0 Å². The minimum Gasteiger partial charge on any atom is -0.319 e. The van der Waals surface area contributed by atoms with Gasteiger partial charge in [-0.1, -0.05) is 12.1 Å². The van der Waals surface area contributed by atoms with E-state index in [4.69, 9.17) is 0 Å². The number of nitrogens with zero attached hydrogens (tertiary/aromatic N) is 5. The first-order valence-electron chi connectivity index (χ1n) is 12.7. The number of aromatic nitrogens is 1. The fourth-order valence-electron chi connectivity index (χ4n) is 5.01. The first-order chi connectivity index (χ1) is 16.9. The van der Waals surface area contributed by atoms with Crippen molar-refractivity contribution in [1.29, 1.82) is 0 Å². The van der Waals surface area contributed by atoms with Gasteiger partial charge in [0, 0.05) is 25.8 Å². The summed E-state index contributed by atoms with van der Waals surface area (Å²) in [5.41, 5.74) is 1.62. The molecule has 8 heteroatoms. The molecular weight excluding hydrogens is 440 g/mol. The molecule has 1 aromatic heterocycles. The van der Waals surface area contributed by atoms with Crippen molar-refractivity contribution in [1.82, 2.24) is 19.7 Å². The molecule has 4 rings (SSSR count). The van der Waals surface area contributed by atoms with Gasteiger partial charge in [-0.2, -0.15) is 0 Å². The Morgan fingerprint density at radius 3 is 2.77 bits per heavy atom. The van der Waals surface area contributed by atoms with E-state index in [2.05, 4.69) is 46.1 Å². The van der Waals surface area contributed by atoms with Gasteiger partial charge in [-0.25, -0.2) is 4.98 Å². The predicted molar refractivity (Wildman–Crippen MR) is 140 cm³/mol. The van der Waals surface area contributed by atoms with Gasteiger partial charge in [-0.05, 0) is 90.1 Å². The van der Waals surface area contributed by atoms with Crippen molar-refractivity contribution in [2.45, 2.75) is 25.7 Å². The highest BCUT2D eigenvalue weighted by atomic mass is 16.2. The Kier molecular flexibility index (Phi) is 8.49. The SMILES string of the molecule is CN(C)CCN(C)CCCC1CCCN(CC(=O)N2c3ccccc3C(=O)Nc3cccnc32)C1. The van der Waals surface area contributed by atoms with Crippen LogP contribution < -0.4 is 10.2 Å². The third-order valence-corrected chi connectivity index (χ3v) is 6.93. The third kappa shape index (κ3) is 6.45. The number of benzene rings is 1. The minimum atomic E-state index is -0.223. The Bertz CT molecular complexity index is 1030. The standard InChI is InChI=1S/C27H38N6O2/c1-30(2)17-18-31(3)15-7-9-21-10-8-16-32(19-21)20-25(34)33-24-13-5-4-11-22(24)27(35)29-23-12-6-14-28-26(23)33/h4-6,11-14,21H,7-10,15-20H2,1-3H3,(H,29,35). The quantitative estimate of drug-likeness (QED) is 0.596. The van der Waals surface area contributed by atoms with Crippen LogP contribution >= 0.6 is 0 Å². The van der Waals surface area contributed by atoms with Crippen LogP contribution in [0.1, 0.15) is 36.0 Å².